The highest BCUT2D eigenvalue weighted by Gasteiger charge is 2.36. The van der Waals surface area contributed by atoms with Crippen molar-refractivity contribution < 1.29 is 22.4 Å². The van der Waals surface area contributed by atoms with Crippen molar-refractivity contribution in [3.05, 3.63) is 59.4 Å². The van der Waals surface area contributed by atoms with Crippen molar-refractivity contribution in [1.82, 2.24) is 0 Å². The molecule has 1 nitrogen and oxygen atoms in total. The zero-order valence-corrected chi connectivity index (χ0v) is 10.6. The van der Waals surface area contributed by atoms with Gasteiger partial charge in [-0.3, -0.25) is 4.79 Å². The van der Waals surface area contributed by atoms with E-state index in [2.05, 4.69) is 0 Å². The van der Waals surface area contributed by atoms with E-state index in [1.807, 2.05) is 0 Å². The van der Waals surface area contributed by atoms with Gasteiger partial charge in [0.2, 0.25) is 0 Å². The lowest BCUT2D eigenvalue weighted by molar-refractivity contribution is -0.137. The summed E-state index contributed by atoms with van der Waals surface area (Å²) in [5.41, 5.74) is -2.22. The van der Waals surface area contributed by atoms with Crippen molar-refractivity contribution in [2.24, 2.45) is 0 Å². The van der Waals surface area contributed by atoms with Gasteiger partial charge < -0.3 is 0 Å². The number of rotatable bonds is 2. The molecule has 0 unspecified atom stereocenters. The first-order valence-electron chi connectivity index (χ1n) is 5.47. The van der Waals surface area contributed by atoms with Crippen LogP contribution in [0.2, 0.25) is 0 Å². The first-order chi connectivity index (χ1) is 9.32. The zero-order valence-electron chi connectivity index (χ0n) is 9.84. The summed E-state index contributed by atoms with van der Waals surface area (Å²) in [6.45, 7) is 0. The maximum Gasteiger partial charge on any atom is 0.417 e. The minimum Gasteiger partial charge on any atom is -0.276 e. The Morgan fingerprint density at radius 3 is 2.10 bits per heavy atom. The summed E-state index contributed by atoms with van der Waals surface area (Å²) in [6, 6.07) is 8.30. The highest BCUT2D eigenvalue weighted by molar-refractivity contribution is 6.68. The molecule has 0 aliphatic heterocycles. The van der Waals surface area contributed by atoms with Gasteiger partial charge in [-0.15, -0.1) is 0 Å². The fourth-order valence-electron chi connectivity index (χ4n) is 1.90. The number of carbonyl (C=O) groups excluding carboxylic acids is 1. The van der Waals surface area contributed by atoms with E-state index in [1.54, 1.807) is 0 Å². The predicted molar refractivity (Wildman–Crippen MR) is 67.0 cm³/mol. The van der Waals surface area contributed by atoms with Crippen LogP contribution in [-0.4, -0.2) is 5.24 Å². The van der Waals surface area contributed by atoms with Gasteiger partial charge in [-0.1, -0.05) is 30.3 Å². The van der Waals surface area contributed by atoms with Crippen molar-refractivity contribution >= 4 is 16.8 Å². The molecule has 0 bridgehead atoms. The Bertz CT molecular complexity index is 664. The minimum absolute atomic E-state index is 0.109. The quantitative estimate of drug-likeness (QED) is 0.570. The molecular formula is C14H7ClF4O. The second-order valence-electron chi connectivity index (χ2n) is 3.98. The Hall–Kier alpha value is -1.88. The Kier molecular flexibility index (Phi) is 3.81. The van der Waals surface area contributed by atoms with E-state index in [1.165, 1.54) is 24.3 Å². The van der Waals surface area contributed by atoms with Crippen LogP contribution in [0.4, 0.5) is 17.6 Å². The minimum atomic E-state index is -4.75. The third kappa shape index (κ3) is 2.67. The Morgan fingerprint density at radius 1 is 0.950 bits per heavy atom. The molecule has 0 spiro atoms. The lowest BCUT2D eigenvalue weighted by Gasteiger charge is -2.14. The monoisotopic (exact) mass is 302 g/mol. The second kappa shape index (κ2) is 5.25. The molecular weight excluding hydrogens is 296 g/mol. The maximum absolute atomic E-state index is 13.7. The van der Waals surface area contributed by atoms with Crippen LogP contribution in [-0.2, 0) is 6.18 Å². The molecule has 0 atom stereocenters. The normalized spacial score (nSPS) is 11.4. The van der Waals surface area contributed by atoms with E-state index in [4.69, 9.17) is 11.6 Å². The van der Waals surface area contributed by atoms with E-state index in [-0.39, 0.29) is 11.1 Å². The Morgan fingerprint density at radius 2 is 1.55 bits per heavy atom. The van der Waals surface area contributed by atoms with Crippen LogP contribution in [0.25, 0.3) is 11.1 Å². The van der Waals surface area contributed by atoms with Crippen molar-refractivity contribution in [3.8, 4) is 11.1 Å². The number of benzene rings is 2. The van der Waals surface area contributed by atoms with Gasteiger partial charge in [-0.05, 0) is 29.3 Å². The molecule has 2 rings (SSSR count). The highest BCUT2D eigenvalue weighted by atomic mass is 35.5. The average Bonchev–Trinajstić information content (AvgIpc) is 2.37. The fourth-order valence-corrected chi connectivity index (χ4v) is 2.11. The zero-order chi connectivity index (χ0) is 14.9. The first-order valence-corrected chi connectivity index (χ1v) is 5.85. The summed E-state index contributed by atoms with van der Waals surface area (Å²) in [5.74, 6) is -0.731. The molecule has 0 amide bonds. The molecule has 0 aliphatic carbocycles. The number of carbonyl (C=O) groups is 1. The number of hydrogen-bond donors (Lipinski definition) is 0. The fraction of sp³-hybridized carbons (Fsp3) is 0.0714. The number of hydrogen-bond acceptors (Lipinski definition) is 1. The molecule has 0 aromatic heterocycles. The van der Waals surface area contributed by atoms with Crippen LogP contribution < -0.4 is 0 Å². The Balaban J connectivity index is 2.79. The standard InChI is InChI=1S/C14H7ClF4O/c15-13(20)12-9(8-4-1-2-7-11(8)16)5-3-6-10(12)14(17,18)19/h1-7H. The molecule has 0 N–H and O–H groups in total. The van der Waals surface area contributed by atoms with Gasteiger partial charge in [-0.25, -0.2) is 4.39 Å². The highest BCUT2D eigenvalue weighted by Crippen LogP contribution is 2.38. The largest absolute Gasteiger partial charge is 0.417 e. The van der Waals surface area contributed by atoms with E-state index in [0.29, 0.717) is 0 Å². The van der Waals surface area contributed by atoms with Gasteiger partial charge in [0.25, 0.3) is 5.24 Å². The predicted octanol–water partition coefficient (Wildman–Crippen LogP) is 4.89. The lowest BCUT2D eigenvalue weighted by atomic mass is 9.95. The molecule has 0 aliphatic rings. The third-order valence-corrected chi connectivity index (χ3v) is 2.92. The molecule has 2 aromatic carbocycles. The summed E-state index contributed by atoms with van der Waals surface area (Å²) in [6.07, 6.45) is -4.75. The van der Waals surface area contributed by atoms with E-state index < -0.39 is 28.4 Å². The number of alkyl halides is 3. The molecule has 0 saturated heterocycles. The van der Waals surface area contributed by atoms with E-state index in [0.717, 1.165) is 18.2 Å². The molecule has 104 valence electrons. The van der Waals surface area contributed by atoms with Crippen LogP contribution in [0.5, 0.6) is 0 Å². The Labute approximate surface area is 116 Å². The molecule has 20 heavy (non-hydrogen) atoms. The van der Waals surface area contributed by atoms with Crippen molar-refractivity contribution in [3.63, 3.8) is 0 Å². The van der Waals surface area contributed by atoms with Crippen LogP contribution in [0, 0.1) is 5.82 Å². The third-order valence-electron chi connectivity index (χ3n) is 2.73. The van der Waals surface area contributed by atoms with E-state index in [9.17, 15) is 22.4 Å². The van der Waals surface area contributed by atoms with Crippen molar-refractivity contribution in [2.75, 3.05) is 0 Å². The van der Waals surface area contributed by atoms with Crippen molar-refractivity contribution in [2.45, 2.75) is 6.18 Å². The van der Waals surface area contributed by atoms with Crippen LogP contribution in [0.3, 0.4) is 0 Å². The molecule has 0 radical (unpaired) electrons. The van der Waals surface area contributed by atoms with Gasteiger partial charge in [0.15, 0.2) is 0 Å². The summed E-state index contributed by atoms with van der Waals surface area (Å²) in [4.78, 5) is 11.4. The van der Waals surface area contributed by atoms with Gasteiger partial charge in [-0.2, -0.15) is 13.2 Å². The van der Waals surface area contributed by atoms with Gasteiger partial charge in [0.05, 0.1) is 11.1 Å². The van der Waals surface area contributed by atoms with Gasteiger partial charge in [0, 0.05) is 5.56 Å². The van der Waals surface area contributed by atoms with E-state index >= 15 is 0 Å². The SMILES string of the molecule is O=C(Cl)c1c(-c2ccccc2F)cccc1C(F)(F)F. The van der Waals surface area contributed by atoms with Gasteiger partial charge in [0.1, 0.15) is 5.82 Å². The molecule has 0 saturated carbocycles. The van der Waals surface area contributed by atoms with Crippen LogP contribution in [0.1, 0.15) is 15.9 Å². The second-order valence-corrected chi connectivity index (χ2v) is 4.32. The summed E-state index contributed by atoms with van der Waals surface area (Å²) >= 11 is 5.26. The van der Waals surface area contributed by atoms with Gasteiger partial charge >= 0.3 is 6.18 Å². The summed E-state index contributed by atoms with van der Waals surface area (Å²) in [7, 11) is 0. The first kappa shape index (κ1) is 14.5. The molecule has 0 heterocycles. The smallest absolute Gasteiger partial charge is 0.276 e. The van der Waals surface area contributed by atoms with Crippen LogP contribution in [0.15, 0.2) is 42.5 Å². The maximum atomic E-state index is 13.7. The molecule has 6 heteroatoms. The van der Waals surface area contributed by atoms with Crippen molar-refractivity contribution in [1.29, 1.82) is 0 Å². The summed E-state index contributed by atoms with van der Waals surface area (Å²) in [5, 5.41) is -1.28. The summed E-state index contributed by atoms with van der Waals surface area (Å²) < 4.78 is 52.4. The lowest BCUT2D eigenvalue weighted by Crippen LogP contribution is -2.12. The molecule has 2 aromatic rings. The average molecular weight is 303 g/mol. The molecule has 0 fully saturated rings. The van der Waals surface area contributed by atoms with Crippen LogP contribution >= 0.6 is 11.6 Å². The topological polar surface area (TPSA) is 17.1 Å². The number of halogens is 5.